The SMILES string of the molecule is CO.CO.[Ir].[c-]1ccc2c(c1-c1nnc(-c3cccc4c3CCCC4)nn1)CCCC2. The summed E-state index contributed by atoms with van der Waals surface area (Å²) in [5, 5.41) is 31.7. The zero-order valence-corrected chi connectivity index (χ0v) is 20.5. The van der Waals surface area contributed by atoms with Crippen LogP contribution in [0.15, 0.2) is 30.3 Å². The number of aryl methyl sites for hydroxylation is 2. The Morgan fingerprint density at radius 2 is 1.23 bits per heavy atom. The molecule has 1 aromatic heterocycles. The first-order valence-corrected chi connectivity index (χ1v) is 10.5. The second-order valence-corrected chi connectivity index (χ2v) is 7.26. The van der Waals surface area contributed by atoms with E-state index in [1.807, 2.05) is 6.07 Å². The summed E-state index contributed by atoms with van der Waals surface area (Å²) in [6.07, 6.45) is 9.41. The predicted molar refractivity (Wildman–Crippen MR) is 117 cm³/mol. The van der Waals surface area contributed by atoms with Crippen LogP contribution in [0.1, 0.15) is 47.9 Å². The number of nitrogens with zero attached hydrogens (tertiary/aromatic N) is 4. The minimum atomic E-state index is 0. The van der Waals surface area contributed by atoms with Crippen molar-refractivity contribution in [1.82, 2.24) is 20.4 Å². The largest absolute Gasteiger partial charge is 0.400 e. The first-order chi connectivity index (χ1) is 14.9. The summed E-state index contributed by atoms with van der Waals surface area (Å²) in [4.78, 5) is 0. The van der Waals surface area contributed by atoms with Crippen LogP contribution in [-0.4, -0.2) is 44.8 Å². The second-order valence-electron chi connectivity index (χ2n) is 7.26. The number of hydrogen-bond acceptors (Lipinski definition) is 6. The van der Waals surface area contributed by atoms with Crippen molar-refractivity contribution in [2.24, 2.45) is 0 Å². The molecule has 6 nitrogen and oxygen atoms in total. The standard InChI is InChI=1S/C22H21N4.2CH4O.Ir/c1-3-11-17-15(7-1)9-5-13-19(17)21-23-25-22(26-24-21)20-14-6-10-16-8-2-4-12-18(16)20;2*1-2;/h5-6,9-10,13H,1-4,7-8,11-12H2;2*2H,1H3;/q-1;;;. The van der Waals surface area contributed by atoms with Crippen molar-refractivity contribution in [3.05, 3.63) is 58.7 Å². The number of aliphatic hydroxyl groups is 2. The summed E-state index contributed by atoms with van der Waals surface area (Å²) in [5.74, 6) is 1.23. The molecule has 1 radical (unpaired) electrons. The summed E-state index contributed by atoms with van der Waals surface area (Å²) in [7, 11) is 2.00. The van der Waals surface area contributed by atoms with E-state index >= 15 is 0 Å². The van der Waals surface area contributed by atoms with Gasteiger partial charge in [0.05, 0.1) is 0 Å². The van der Waals surface area contributed by atoms with Crippen molar-refractivity contribution in [1.29, 1.82) is 0 Å². The van der Waals surface area contributed by atoms with E-state index in [9.17, 15) is 0 Å². The number of fused-ring (bicyclic) bond motifs is 2. The molecule has 0 saturated heterocycles. The van der Waals surface area contributed by atoms with Gasteiger partial charge >= 0.3 is 0 Å². The minimum Gasteiger partial charge on any atom is -0.400 e. The molecule has 3 aromatic rings. The molecule has 0 unspecified atom stereocenters. The molecule has 0 amide bonds. The quantitative estimate of drug-likeness (QED) is 0.441. The Bertz CT molecular complexity index is 886. The molecule has 7 heteroatoms. The Morgan fingerprint density at radius 1 is 0.677 bits per heavy atom. The van der Waals surface area contributed by atoms with Gasteiger partial charge in [0.25, 0.3) is 0 Å². The topological polar surface area (TPSA) is 92.0 Å². The van der Waals surface area contributed by atoms with Crippen molar-refractivity contribution in [3.63, 3.8) is 0 Å². The van der Waals surface area contributed by atoms with Crippen molar-refractivity contribution in [3.8, 4) is 22.8 Å². The van der Waals surface area contributed by atoms with E-state index in [0.717, 1.165) is 51.0 Å². The zero-order valence-electron chi connectivity index (χ0n) is 18.1. The molecule has 0 bridgehead atoms. The number of hydrogen-bond donors (Lipinski definition) is 2. The molecule has 2 aliphatic carbocycles. The second kappa shape index (κ2) is 12.7. The van der Waals surface area contributed by atoms with Gasteiger partial charge in [-0.05, 0) is 43.2 Å². The van der Waals surface area contributed by atoms with Gasteiger partial charge < -0.3 is 10.2 Å². The monoisotopic (exact) mass is 598 g/mol. The molecular formula is C24H29IrN4O2-. The van der Waals surface area contributed by atoms with Crippen LogP contribution in [0.5, 0.6) is 0 Å². The van der Waals surface area contributed by atoms with Gasteiger partial charge in [0, 0.05) is 39.9 Å². The average Bonchev–Trinajstić information content (AvgIpc) is 2.86. The van der Waals surface area contributed by atoms with Crippen LogP contribution in [0, 0.1) is 6.07 Å². The van der Waals surface area contributed by atoms with Crippen molar-refractivity contribution < 1.29 is 30.3 Å². The van der Waals surface area contributed by atoms with Crippen molar-refractivity contribution in [2.45, 2.75) is 51.4 Å². The van der Waals surface area contributed by atoms with E-state index in [4.69, 9.17) is 10.2 Å². The number of aliphatic hydroxyl groups excluding tert-OH is 2. The van der Waals surface area contributed by atoms with Crippen LogP contribution in [0.25, 0.3) is 22.8 Å². The summed E-state index contributed by atoms with van der Waals surface area (Å²) in [6, 6.07) is 13.9. The van der Waals surface area contributed by atoms with Gasteiger partial charge in [0.1, 0.15) is 5.82 Å². The maximum Gasteiger partial charge on any atom is 0.202 e. The normalized spacial score (nSPS) is 13.8. The van der Waals surface area contributed by atoms with E-state index in [1.54, 1.807) is 0 Å². The van der Waals surface area contributed by atoms with E-state index < -0.39 is 0 Å². The fourth-order valence-corrected chi connectivity index (χ4v) is 4.34. The van der Waals surface area contributed by atoms with E-state index in [0.29, 0.717) is 11.6 Å². The van der Waals surface area contributed by atoms with Gasteiger partial charge in [-0.25, -0.2) is 0 Å². The molecule has 0 spiro atoms. The Balaban J connectivity index is 0.000000647. The van der Waals surface area contributed by atoms with Gasteiger partial charge in [0.2, 0.25) is 5.82 Å². The number of aromatic nitrogens is 4. The number of rotatable bonds is 2. The molecule has 0 aliphatic heterocycles. The Morgan fingerprint density at radius 3 is 1.90 bits per heavy atom. The third kappa shape index (κ3) is 5.60. The summed E-state index contributed by atoms with van der Waals surface area (Å²) in [5.41, 5.74) is 7.59. The molecule has 5 rings (SSSR count). The van der Waals surface area contributed by atoms with Crippen molar-refractivity contribution in [2.75, 3.05) is 14.2 Å². The van der Waals surface area contributed by atoms with Crippen LogP contribution in [0.3, 0.4) is 0 Å². The predicted octanol–water partition coefficient (Wildman–Crippen LogP) is 3.37. The molecule has 2 N–H and O–H groups in total. The van der Waals surface area contributed by atoms with E-state index in [-0.39, 0.29) is 20.1 Å². The fraction of sp³-hybridized carbons (Fsp3) is 0.417. The van der Waals surface area contributed by atoms with E-state index in [2.05, 4.69) is 50.7 Å². The maximum atomic E-state index is 7.00. The van der Waals surface area contributed by atoms with Crippen LogP contribution in [-0.2, 0) is 45.8 Å². The first kappa shape index (κ1) is 25.2. The zero-order chi connectivity index (χ0) is 21.3. The van der Waals surface area contributed by atoms with Gasteiger partial charge in [-0.15, -0.1) is 39.5 Å². The molecule has 0 atom stereocenters. The Kier molecular flexibility index (Phi) is 10.3. The van der Waals surface area contributed by atoms with Crippen LogP contribution >= 0.6 is 0 Å². The van der Waals surface area contributed by atoms with Crippen molar-refractivity contribution >= 4 is 0 Å². The summed E-state index contributed by atoms with van der Waals surface area (Å²) >= 11 is 0. The average molecular weight is 598 g/mol. The molecule has 0 fully saturated rings. The molecule has 31 heavy (non-hydrogen) atoms. The van der Waals surface area contributed by atoms with Crippen LogP contribution < -0.4 is 0 Å². The third-order valence-corrected chi connectivity index (χ3v) is 5.66. The Labute approximate surface area is 197 Å². The molecule has 2 aliphatic rings. The van der Waals surface area contributed by atoms with Gasteiger partial charge in [-0.2, -0.15) is 10.2 Å². The van der Waals surface area contributed by atoms with Crippen LogP contribution in [0.4, 0.5) is 0 Å². The molecule has 1 heterocycles. The minimum absolute atomic E-state index is 0. The van der Waals surface area contributed by atoms with Gasteiger partial charge in [-0.1, -0.05) is 43.0 Å². The summed E-state index contributed by atoms with van der Waals surface area (Å²) in [6.45, 7) is 0. The Hall–Kier alpha value is -2.05. The molecular weight excluding hydrogens is 569 g/mol. The smallest absolute Gasteiger partial charge is 0.202 e. The molecule has 167 valence electrons. The van der Waals surface area contributed by atoms with E-state index in [1.165, 1.54) is 47.9 Å². The summed E-state index contributed by atoms with van der Waals surface area (Å²) < 4.78 is 0. The molecule has 2 aromatic carbocycles. The number of benzene rings is 2. The molecule has 0 saturated carbocycles. The van der Waals surface area contributed by atoms with Gasteiger partial charge in [0.15, 0.2) is 0 Å². The maximum absolute atomic E-state index is 7.00. The van der Waals surface area contributed by atoms with Crippen LogP contribution in [0.2, 0.25) is 0 Å². The fourth-order valence-electron chi connectivity index (χ4n) is 4.34. The van der Waals surface area contributed by atoms with Gasteiger partial charge in [-0.3, -0.25) is 0 Å². The third-order valence-electron chi connectivity index (χ3n) is 5.66. The first-order valence-electron chi connectivity index (χ1n) is 10.5.